The predicted molar refractivity (Wildman–Crippen MR) is 97.7 cm³/mol. The molecule has 0 aliphatic rings. The Bertz CT molecular complexity index is 939. The fraction of sp³-hybridized carbons (Fsp3) is 0.105. The van der Waals surface area contributed by atoms with E-state index in [9.17, 15) is 4.79 Å². The molecule has 0 saturated carbocycles. The number of amides is 1. The number of nitrogens with one attached hydrogen (secondary N) is 2. The fourth-order valence-corrected chi connectivity index (χ4v) is 2.60. The van der Waals surface area contributed by atoms with Gasteiger partial charge in [0, 0.05) is 17.0 Å². The molecule has 6 nitrogen and oxygen atoms in total. The Morgan fingerprint density at radius 1 is 1.20 bits per heavy atom. The number of carbonyl (C=O) groups is 1. The summed E-state index contributed by atoms with van der Waals surface area (Å²) in [5, 5.41) is 10.3. The second-order valence-corrected chi connectivity index (χ2v) is 5.40. The zero-order valence-corrected chi connectivity index (χ0v) is 13.7. The Labute approximate surface area is 145 Å². The third-order valence-corrected chi connectivity index (χ3v) is 3.65. The molecule has 0 unspecified atom stereocenters. The molecule has 1 heterocycles. The molecule has 25 heavy (non-hydrogen) atoms. The van der Waals surface area contributed by atoms with E-state index in [1.165, 1.54) is 0 Å². The average Bonchev–Trinajstić information content (AvgIpc) is 2.61. The molecule has 4 N–H and O–H groups in total. The third kappa shape index (κ3) is 3.58. The van der Waals surface area contributed by atoms with Gasteiger partial charge in [-0.1, -0.05) is 30.3 Å². The number of rotatable bonds is 4. The molecule has 1 amide bonds. The van der Waals surface area contributed by atoms with Crippen molar-refractivity contribution in [2.75, 3.05) is 6.61 Å². The van der Waals surface area contributed by atoms with Gasteiger partial charge in [0.05, 0.1) is 23.4 Å². The summed E-state index contributed by atoms with van der Waals surface area (Å²) in [4.78, 5) is 17.1. The molecule has 0 spiro atoms. The SMILES string of the molecule is CCOc1ccc2c(C(=O)NC(=N)N)cc(-c3ccccc3)nc2c1. The summed E-state index contributed by atoms with van der Waals surface area (Å²) < 4.78 is 5.53. The highest BCUT2D eigenvalue weighted by Crippen LogP contribution is 2.27. The molecule has 3 aromatic rings. The van der Waals surface area contributed by atoms with Crippen molar-refractivity contribution in [2.45, 2.75) is 6.92 Å². The molecule has 6 heteroatoms. The summed E-state index contributed by atoms with van der Waals surface area (Å²) in [6.45, 7) is 2.45. The van der Waals surface area contributed by atoms with Crippen molar-refractivity contribution in [3.8, 4) is 17.0 Å². The van der Waals surface area contributed by atoms with Crippen LogP contribution >= 0.6 is 0 Å². The van der Waals surface area contributed by atoms with Crippen LogP contribution < -0.4 is 15.8 Å². The molecular formula is C19H18N4O2. The van der Waals surface area contributed by atoms with Crippen LogP contribution in [0.15, 0.2) is 54.6 Å². The highest BCUT2D eigenvalue weighted by atomic mass is 16.5. The van der Waals surface area contributed by atoms with Gasteiger partial charge in [-0.05, 0) is 25.1 Å². The number of nitrogens with zero attached hydrogens (tertiary/aromatic N) is 1. The quantitative estimate of drug-likeness (QED) is 0.504. The highest BCUT2D eigenvalue weighted by molar-refractivity contribution is 6.12. The summed E-state index contributed by atoms with van der Waals surface area (Å²) in [6.07, 6.45) is 0. The van der Waals surface area contributed by atoms with Crippen molar-refractivity contribution in [2.24, 2.45) is 5.73 Å². The monoisotopic (exact) mass is 334 g/mol. The Morgan fingerprint density at radius 2 is 1.96 bits per heavy atom. The van der Waals surface area contributed by atoms with Gasteiger partial charge in [-0.25, -0.2) is 4.98 Å². The largest absolute Gasteiger partial charge is 0.494 e. The number of ether oxygens (including phenoxy) is 1. The molecule has 126 valence electrons. The predicted octanol–water partition coefficient (Wildman–Crippen LogP) is 2.92. The number of hydrogen-bond donors (Lipinski definition) is 3. The van der Waals surface area contributed by atoms with Crippen LogP contribution in [-0.2, 0) is 0 Å². The van der Waals surface area contributed by atoms with Crippen LogP contribution in [-0.4, -0.2) is 23.5 Å². The first-order chi connectivity index (χ1) is 12.1. The zero-order chi connectivity index (χ0) is 17.8. The van der Waals surface area contributed by atoms with E-state index in [0.29, 0.717) is 34.5 Å². The minimum Gasteiger partial charge on any atom is -0.494 e. The molecule has 0 aliphatic heterocycles. The van der Waals surface area contributed by atoms with Gasteiger partial charge in [0.2, 0.25) is 0 Å². The lowest BCUT2D eigenvalue weighted by molar-refractivity contribution is 0.0978. The lowest BCUT2D eigenvalue weighted by atomic mass is 10.0. The molecule has 0 radical (unpaired) electrons. The maximum Gasteiger partial charge on any atom is 0.258 e. The van der Waals surface area contributed by atoms with Crippen LogP contribution in [0.1, 0.15) is 17.3 Å². The number of fused-ring (bicyclic) bond motifs is 1. The van der Waals surface area contributed by atoms with E-state index in [1.54, 1.807) is 24.3 Å². The van der Waals surface area contributed by atoms with Crippen LogP contribution in [0.4, 0.5) is 0 Å². The summed E-state index contributed by atoms with van der Waals surface area (Å²) >= 11 is 0. The van der Waals surface area contributed by atoms with E-state index in [-0.39, 0.29) is 0 Å². The van der Waals surface area contributed by atoms with Crippen LogP contribution in [0.3, 0.4) is 0 Å². The van der Waals surface area contributed by atoms with Gasteiger partial charge in [-0.3, -0.25) is 15.5 Å². The minimum atomic E-state index is -0.443. The number of aromatic nitrogens is 1. The summed E-state index contributed by atoms with van der Waals surface area (Å²) in [5.74, 6) is -0.158. The first-order valence-corrected chi connectivity index (χ1v) is 7.87. The highest BCUT2D eigenvalue weighted by Gasteiger charge is 2.15. The standard InChI is InChI=1S/C19H18N4O2/c1-2-25-13-8-9-14-15(18(24)23-19(20)21)11-16(22-17(14)10-13)12-6-4-3-5-7-12/h3-11H,2H2,1H3,(H4,20,21,23,24). The van der Waals surface area contributed by atoms with Crippen LogP contribution in [0.2, 0.25) is 0 Å². The van der Waals surface area contributed by atoms with Crippen molar-refractivity contribution in [1.82, 2.24) is 10.3 Å². The zero-order valence-electron chi connectivity index (χ0n) is 13.7. The lowest BCUT2D eigenvalue weighted by Gasteiger charge is -2.11. The van der Waals surface area contributed by atoms with Gasteiger partial charge in [0.1, 0.15) is 5.75 Å². The van der Waals surface area contributed by atoms with E-state index < -0.39 is 11.9 Å². The van der Waals surface area contributed by atoms with Gasteiger partial charge in [-0.2, -0.15) is 0 Å². The first-order valence-electron chi connectivity index (χ1n) is 7.87. The van der Waals surface area contributed by atoms with Crippen molar-refractivity contribution < 1.29 is 9.53 Å². The number of guanidine groups is 1. The van der Waals surface area contributed by atoms with E-state index in [4.69, 9.17) is 15.9 Å². The second-order valence-electron chi connectivity index (χ2n) is 5.40. The molecule has 2 aromatic carbocycles. The van der Waals surface area contributed by atoms with Crippen LogP contribution in [0.25, 0.3) is 22.2 Å². The maximum absolute atomic E-state index is 12.5. The summed E-state index contributed by atoms with van der Waals surface area (Å²) in [6, 6.07) is 16.7. The Morgan fingerprint density at radius 3 is 2.64 bits per heavy atom. The third-order valence-electron chi connectivity index (χ3n) is 3.65. The molecule has 0 aliphatic carbocycles. The van der Waals surface area contributed by atoms with E-state index in [2.05, 4.69) is 10.3 Å². The topological polar surface area (TPSA) is 101 Å². The first kappa shape index (κ1) is 16.4. The average molecular weight is 334 g/mol. The van der Waals surface area contributed by atoms with E-state index in [0.717, 1.165) is 5.56 Å². The lowest BCUT2D eigenvalue weighted by Crippen LogP contribution is -2.35. The smallest absolute Gasteiger partial charge is 0.258 e. The van der Waals surface area contributed by atoms with Crippen LogP contribution in [0, 0.1) is 5.41 Å². The van der Waals surface area contributed by atoms with Crippen molar-refractivity contribution in [3.05, 3.63) is 60.2 Å². The molecular weight excluding hydrogens is 316 g/mol. The Kier molecular flexibility index (Phi) is 4.61. The minimum absolute atomic E-state index is 0.401. The van der Waals surface area contributed by atoms with Crippen LogP contribution in [0.5, 0.6) is 5.75 Å². The van der Waals surface area contributed by atoms with Gasteiger partial charge < -0.3 is 10.5 Å². The number of hydrogen-bond acceptors (Lipinski definition) is 4. The summed E-state index contributed by atoms with van der Waals surface area (Å²) in [5.41, 5.74) is 7.90. The van der Waals surface area contributed by atoms with Crippen molar-refractivity contribution >= 4 is 22.8 Å². The van der Waals surface area contributed by atoms with Crippen molar-refractivity contribution in [1.29, 1.82) is 5.41 Å². The maximum atomic E-state index is 12.5. The normalized spacial score (nSPS) is 10.4. The number of pyridine rings is 1. The Hall–Kier alpha value is -3.41. The number of carbonyl (C=O) groups excluding carboxylic acids is 1. The Balaban J connectivity index is 2.20. The van der Waals surface area contributed by atoms with Gasteiger partial charge in [0.15, 0.2) is 5.96 Å². The number of nitrogens with two attached hydrogens (primary N) is 1. The van der Waals surface area contributed by atoms with Gasteiger partial charge in [0.25, 0.3) is 5.91 Å². The summed E-state index contributed by atoms with van der Waals surface area (Å²) in [7, 11) is 0. The van der Waals surface area contributed by atoms with E-state index in [1.807, 2.05) is 37.3 Å². The molecule has 0 bridgehead atoms. The molecule has 1 aromatic heterocycles. The van der Waals surface area contributed by atoms with Gasteiger partial charge >= 0.3 is 0 Å². The number of benzene rings is 2. The van der Waals surface area contributed by atoms with E-state index >= 15 is 0 Å². The molecule has 0 saturated heterocycles. The molecule has 0 fully saturated rings. The van der Waals surface area contributed by atoms with Gasteiger partial charge in [-0.15, -0.1) is 0 Å². The van der Waals surface area contributed by atoms with Crippen molar-refractivity contribution in [3.63, 3.8) is 0 Å². The molecule has 3 rings (SSSR count). The second kappa shape index (κ2) is 7.00. The fourth-order valence-electron chi connectivity index (χ4n) is 2.60. The molecule has 0 atom stereocenters.